The summed E-state index contributed by atoms with van der Waals surface area (Å²) in [6.45, 7) is 8.26. The van der Waals surface area contributed by atoms with E-state index in [1.807, 2.05) is 32.6 Å². The van der Waals surface area contributed by atoms with Crippen LogP contribution in [-0.4, -0.2) is 85.8 Å². The number of aromatic nitrogens is 3. The minimum atomic E-state index is -0.747. The molecule has 2 aromatic heterocycles. The lowest BCUT2D eigenvalue weighted by Gasteiger charge is -2.46. The Balaban J connectivity index is 1.46. The van der Waals surface area contributed by atoms with Crippen LogP contribution in [0.5, 0.6) is 17.6 Å². The molecule has 0 radical (unpaired) electrons. The topological polar surface area (TPSA) is 108 Å². The number of benzene rings is 2. The summed E-state index contributed by atoms with van der Waals surface area (Å²) in [4.78, 5) is 30.8. The minimum Gasteiger partial charge on any atom is -0.480 e. The fourth-order valence-corrected chi connectivity index (χ4v) is 7.69. The molecule has 0 bridgehead atoms. The van der Waals surface area contributed by atoms with Crippen LogP contribution < -0.4 is 19.1 Å². The molecule has 3 heterocycles. The maximum atomic E-state index is 17.1. The number of anilines is 1. The number of fused-ring (bicyclic) bond motifs is 3. The first-order valence-electron chi connectivity index (χ1n) is 17.4. The molecule has 13 heteroatoms. The molecular formula is C38H47F2N5O6. The molecule has 1 aliphatic heterocycles. The number of amides is 1. The molecule has 1 saturated carbocycles. The van der Waals surface area contributed by atoms with Crippen LogP contribution in [0.2, 0.25) is 0 Å². The SMILES string of the molecule is CCc1c(F)ccc2cc(OCOC)cc(-c3nc(OC)c4c(N(C)C)nc(OC[C@]56CCC[C@H]5N(C(=O)OC(C)(C)C)CCC6)nc4c3F)c12. The number of methoxy groups -OCH3 is 2. The Labute approximate surface area is 297 Å². The highest BCUT2D eigenvalue weighted by Gasteiger charge is 2.51. The first-order chi connectivity index (χ1) is 24.3. The van der Waals surface area contributed by atoms with Crippen molar-refractivity contribution in [3.8, 4) is 28.9 Å². The predicted molar refractivity (Wildman–Crippen MR) is 191 cm³/mol. The zero-order valence-corrected chi connectivity index (χ0v) is 30.7. The van der Waals surface area contributed by atoms with Crippen molar-refractivity contribution in [1.29, 1.82) is 0 Å². The van der Waals surface area contributed by atoms with Gasteiger partial charge >= 0.3 is 12.1 Å². The Morgan fingerprint density at radius 1 is 1.04 bits per heavy atom. The Bertz CT molecular complexity index is 1950. The third kappa shape index (κ3) is 6.92. The van der Waals surface area contributed by atoms with E-state index in [4.69, 9.17) is 28.7 Å². The van der Waals surface area contributed by atoms with Crippen LogP contribution in [0.25, 0.3) is 32.9 Å². The fraction of sp³-hybridized carbons (Fsp3) is 0.526. The number of likely N-dealkylation sites (tertiary alicyclic amines) is 1. The van der Waals surface area contributed by atoms with Crippen LogP contribution in [0, 0.1) is 17.0 Å². The van der Waals surface area contributed by atoms with Gasteiger partial charge in [0, 0.05) is 44.8 Å². The van der Waals surface area contributed by atoms with E-state index in [0.29, 0.717) is 46.4 Å². The highest BCUT2D eigenvalue weighted by atomic mass is 19.1. The number of piperidine rings is 1. The molecule has 0 N–H and O–H groups in total. The van der Waals surface area contributed by atoms with Crippen LogP contribution in [0.4, 0.5) is 19.4 Å². The van der Waals surface area contributed by atoms with E-state index < -0.39 is 17.2 Å². The van der Waals surface area contributed by atoms with E-state index in [1.54, 1.807) is 37.2 Å². The molecule has 0 spiro atoms. The number of hydrogen-bond acceptors (Lipinski definition) is 10. The van der Waals surface area contributed by atoms with E-state index >= 15 is 8.78 Å². The van der Waals surface area contributed by atoms with Crippen LogP contribution in [0.3, 0.4) is 0 Å². The standard InChI is InChI=1S/C38H47F2N5O6/c1-9-24-26(39)14-13-22-18-23(50-21-47-7)19-25(28(22)24)31-30(40)32-29(34(41-31)48-8)33(44(5)6)43-35(42-32)49-20-38-15-10-12-27(38)45(17-11-16-38)36(46)51-37(2,3)4/h13-14,18-19,27H,9-12,15-17,20-21H2,1-8H3/t27-,38-/m1/s1. The van der Waals surface area contributed by atoms with Gasteiger partial charge in [0.1, 0.15) is 39.6 Å². The summed E-state index contributed by atoms with van der Waals surface area (Å²) in [6.07, 6.45) is 4.37. The van der Waals surface area contributed by atoms with Crippen molar-refractivity contribution in [2.24, 2.45) is 5.41 Å². The summed E-state index contributed by atoms with van der Waals surface area (Å²) in [5.41, 5.74) is -0.346. The summed E-state index contributed by atoms with van der Waals surface area (Å²) in [7, 11) is 6.51. The quantitative estimate of drug-likeness (QED) is 0.152. The molecule has 0 unspecified atom stereocenters. The number of halogens is 2. The molecule has 11 nitrogen and oxygen atoms in total. The van der Waals surface area contributed by atoms with Crippen molar-refractivity contribution in [2.45, 2.75) is 77.9 Å². The smallest absolute Gasteiger partial charge is 0.410 e. The molecule has 4 aromatic rings. The second kappa shape index (κ2) is 14.2. The molecule has 2 aliphatic rings. The van der Waals surface area contributed by atoms with Gasteiger partial charge in [-0.1, -0.05) is 19.4 Å². The van der Waals surface area contributed by atoms with Crippen molar-refractivity contribution < 1.29 is 37.3 Å². The molecule has 1 saturated heterocycles. The lowest BCUT2D eigenvalue weighted by molar-refractivity contribution is -0.0282. The number of nitrogens with zero attached hydrogens (tertiary/aromatic N) is 5. The first kappa shape index (κ1) is 36.3. The van der Waals surface area contributed by atoms with Crippen molar-refractivity contribution in [1.82, 2.24) is 19.9 Å². The number of hydrogen-bond donors (Lipinski definition) is 0. The number of rotatable bonds is 10. The highest BCUT2D eigenvalue weighted by Crippen LogP contribution is 2.49. The number of carbonyl (C=O) groups is 1. The van der Waals surface area contributed by atoms with Gasteiger partial charge in [-0.2, -0.15) is 9.97 Å². The predicted octanol–water partition coefficient (Wildman–Crippen LogP) is 7.69. The van der Waals surface area contributed by atoms with E-state index in [-0.39, 0.29) is 59.4 Å². The van der Waals surface area contributed by atoms with Gasteiger partial charge in [-0.25, -0.2) is 18.6 Å². The van der Waals surface area contributed by atoms with Crippen molar-refractivity contribution in [3.63, 3.8) is 0 Å². The lowest BCUT2D eigenvalue weighted by Crippen LogP contribution is -2.55. The zero-order valence-electron chi connectivity index (χ0n) is 30.7. The molecule has 2 aromatic carbocycles. The second-order valence-corrected chi connectivity index (χ2v) is 14.6. The minimum absolute atomic E-state index is 0.0129. The molecule has 2 atom stereocenters. The van der Waals surface area contributed by atoms with Crippen molar-refractivity contribution in [3.05, 3.63) is 41.5 Å². The van der Waals surface area contributed by atoms with E-state index in [2.05, 4.69) is 9.97 Å². The molecule has 1 amide bonds. The van der Waals surface area contributed by atoms with Gasteiger partial charge in [0.2, 0.25) is 5.88 Å². The summed E-state index contributed by atoms with van der Waals surface area (Å²) in [5, 5.41) is 1.42. The third-order valence-corrected chi connectivity index (χ3v) is 9.85. The Kier molecular flexibility index (Phi) is 10.1. The van der Waals surface area contributed by atoms with E-state index in [1.165, 1.54) is 20.3 Å². The number of aryl methyl sites for hydroxylation is 1. The van der Waals surface area contributed by atoms with Gasteiger partial charge in [0.05, 0.1) is 13.7 Å². The third-order valence-electron chi connectivity index (χ3n) is 9.85. The highest BCUT2D eigenvalue weighted by molar-refractivity contribution is 6.03. The van der Waals surface area contributed by atoms with Crippen molar-refractivity contribution >= 4 is 33.6 Å². The van der Waals surface area contributed by atoms with Gasteiger partial charge in [0.25, 0.3) is 0 Å². The molecule has 51 heavy (non-hydrogen) atoms. The Morgan fingerprint density at radius 3 is 2.49 bits per heavy atom. The first-order valence-corrected chi connectivity index (χ1v) is 17.4. The lowest BCUT2D eigenvalue weighted by atomic mass is 9.75. The maximum Gasteiger partial charge on any atom is 0.410 e. The average molecular weight is 708 g/mol. The fourth-order valence-electron chi connectivity index (χ4n) is 7.69. The molecule has 1 aliphatic carbocycles. The van der Waals surface area contributed by atoms with Crippen LogP contribution in [-0.2, 0) is 15.9 Å². The summed E-state index contributed by atoms with van der Waals surface area (Å²) < 4.78 is 61.1. The van der Waals surface area contributed by atoms with E-state index in [0.717, 1.165) is 32.1 Å². The second-order valence-electron chi connectivity index (χ2n) is 14.6. The van der Waals surface area contributed by atoms with Gasteiger partial charge in [-0.15, -0.1) is 0 Å². The number of pyridine rings is 1. The monoisotopic (exact) mass is 707 g/mol. The van der Waals surface area contributed by atoms with Crippen LogP contribution >= 0.6 is 0 Å². The Hall–Kier alpha value is -4.52. The molecule has 2 fully saturated rings. The van der Waals surface area contributed by atoms with Crippen molar-refractivity contribution in [2.75, 3.05) is 53.2 Å². The molecule has 6 rings (SSSR count). The van der Waals surface area contributed by atoms with Crippen LogP contribution in [0.15, 0.2) is 24.3 Å². The summed E-state index contributed by atoms with van der Waals surface area (Å²) in [6, 6.07) is 6.34. The largest absolute Gasteiger partial charge is 0.480 e. The maximum absolute atomic E-state index is 17.1. The van der Waals surface area contributed by atoms with Gasteiger partial charge < -0.3 is 33.5 Å². The average Bonchev–Trinajstić information content (AvgIpc) is 3.53. The summed E-state index contributed by atoms with van der Waals surface area (Å²) >= 11 is 0. The van der Waals surface area contributed by atoms with Gasteiger partial charge in [-0.3, -0.25) is 0 Å². The molecular weight excluding hydrogens is 660 g/mol. The summed E-state index contributed by atoms with van der Waals surface area (Å²) in [5.74, 6) is -0.310. The number of carbonyl (C=O) groups excluding carboxylic acids is 1. The number of ether oxygens (including phenoxy) is 5. The molecule has 274 valence electrons. The van der Waals surface area contributed by atoms with E-state index in [9.17, 15) is 4.79 Å². The Morgan fingerprint density at radius 2 is 1.80 bits per heavy atom. The van der Waals surface area contributed by atoms with Gasteiger partial charge in [-0.05, 0) is 87.4 Å². The zero-order chi connectivity index (χ0) is 36.7. The normalized spacial score (nSPS) is 18.9. The van der Waals surface area contributed by atoms with Gasteiger partial charge in [0.15, 0.2) is 12.6 Å². The van der Waals surface area contributed by atoms with Crippen LogP contribution in [0.1, 0.15) is 65.4 Å².